The number of ether oxygens (including phenoxy) is 2. The molecule has 1 N–H and O–H groups in total. The highest BCUT2D eigenvalue weighted by molar-refractivity contribution is 7.98. The van der Waals surface area contributed by atoms with Crippen LogP contribution in [-0.2, 0) is 14.3 Å². The van der Waals surface area contributed by atoms with Gasteiger partial charge in [-0.1, -0.05) is 0 Å². The predicted molar refractivity (Wildman–Crippen MR) is 58.2 cm³/mol. The average Bonchev–Trinajstić information content (AvgIpc) is 2.80. The second-order valence-corrected chi connectivity index (χ2v) is 3.74. The third kappa shape index (κ3) is 3.27. The Morgan fingerprint density at radius 3 is 2.88 bits per heavy atom. The van der Waals surface area contributed by atoms with Crippen LogP contribution in [0.5, 0.6) is 0 Å². The van der Waals surface area contributed by atoms with Crippen molar-refractivity contribution in [2.24, 2.45) is 0 Å². The van der Waals surface area contributed by atoms with Gasteiger partial charge in [0.1, 0.15) is 0 Å². The molecule has 1 rings (SSSR count). The van der Waals surface area contributed by atoms with Crippen molar-refractivity contribution in [3.05, 3.63) is 18.2 Å². The van der Waals surface area contributed by atoms with Crippen LogP contribution in [0.4, 0.5) is 0 Å². The van der Waals surface area contributed by atoms with Gasteiger partial charge in [0.25, 0.3) is 0 Å². The molecule has 16 heavy (non-hydrogen) atoms. The van der Waals surface area contributed by atoms with Crippen LogP contribution in [0, 0.1) is 0 Å². The number of hydrogen-bond donors (Lipinski definition) is 1. The number of hydrogen-bond acceptors (Lipinski definition) is 6. The number of thioether (sulfide) groups is 1. The van der Waals surface area contributed by atoms with Crippen LogP contribution in [-0.4, -0.2) is 47.1 Å². The number of aromatic nitrogens is 2. The molecule has 0 bridgehead atoms. The van der Waals surface area contributed by atoms with E-state index >= 15 is 0 Å². The minimum atomic E-state index is -0.899. The average molecular weight is 244 g/mol. The van der Waals surface area contributed by atoms with Crippen molar-refractivity contribution in [1.82, 2.24) is 9.97 Å². The number of carbonyl (C=O) groups excluding carboxylic acids is 2. The highest BCUT2D eigenvalue weighted by Crippen LogP contribution is 2.07. The largest absolute Gasteiger partial charge is 0.466 e. The van der Waals surface area contributed by atoms with E-state index in [9.17, 15) is 9.59 Å². The van der Waals surface area contributed by atoms with Crippen molar-refractivity contribution in [2.75, 3.05) is 19.1 Å². The van der Waals surface area contributed by atoms with Crippen LogP contribution >= 0.6 is 11.8 Å². The van der Waals surface area contributed by atoms with Gasteiger partial charge in [-0.25, -0.2) is 14.6 Å². The Bertz CT molecular complexity index is 352. The molecule has 0 radical (unpaired) electrons. The van der Waals surface area contributed by atoms with Crippen LogP contribution in [0.1, 0.15) is 10.5 Å². The maximum absolute atomic E-state index is 11.5. The van der Waals surface area contributed by atoms with Crippen molar-refractivity contribution in [3.63, 3.8) is 0 Å². The van der Waals surface area contributed by atoms with E-state index in [2.05, 4.69) is 14.7 Å². The van der Waals surface area contributed by atoms with Gasteiger partial charge in [-0.15, -0.1) is 0 Å². The molecule has 0 spiro atoms. The van der Waals surface area contributed by atoms with Crippen molar-refractivity contribution in [3.8, 4) is 0 Å². The summed E-state index contributed by atoms with van der Waals surface area (Å²) < 4.78 is 9.50. The molecule has 0 aliphatic carbocycles. The number of esters is 2. The Morgan fingerprint density at radius 2 is 2.38 bits per heavy atom. The first-order chi connectivity index (χ1) is 7.69. The van der Waals surface area contributed by atoms with Crippen molar-refractivity contribution >= 4 is 23.7 Å². The summed E-state index contributed by atoms with van der Waals surface area (Å²) in [6.45, 7) is 0. The normalized spacial score (nSPS) is 11.9. The number of H-pyrrole nitrogens is 1. The summed E-state index contributed by atoms with van der Waals surface area (Å²) in [6, 6.07) is 0. The van der Waals surface area contributed by atoms with E-state index in [4.69, 9.17) is 4.74 Å². The second-order valence-electron chi connectivity index (χ2n) is 2.83. The number of aromatic amines is 1. The van der Waals surface area contributed by atoms with Crippen LogP contribution in [0.2, 0.25) is 0 Å². The van der Waals surface area contributed by atoms with Crippen LogP contribution < -0.4 is 0 Å². The lowest BCUT2D eigenvalue weighted by Gasteiger charge is -2.13. The van der Waals surface area contributed by atoms with Crippen LogP contribution in [0.25, 0.3) is 0 Å². The van der Waals surface area contributed by atoms with Gasteiger partial charge in [-0.05, 0) is 6.26 Å². The molecule has 1 aromatic heterocycles. The zero-order chi connectivity index (χ0) is 12.0. The molecule has 0 saturated heterocycles. The van der Waals surface area contributed by atoms with Gasteiger partial charge >= 0.3 is 11.9 Å². The molecule has 0 aliphatic rings. The molecule has 0 saturated carbocycles. The molecule has 0 aliphatic heterocycles. The topological polar surface area (TPSA) is 81.3 Å². The van der Waals surface area contributed by atoms with Gasteiger partial charge in [-0.2, -0.15) is 11.8 Å². The lowest BCUT2D eigenvalue weighted by molar-refractivity contribution is -0.149. The molecule has 88 valence electrons. The van der Waals surface area contributed by atoms with E-state index < -0.39 is 18.0 Å². The summed E-state index contributed by atoms with van der Waals surface area (Å²) in [5, 5.41) is 0. The molecule has 1 aromatic rings. The van der Waals surface area contributed by atoms with Crippen molar-refractivity contribution < 1.29 is 19.1 Å². The predicted octanol–water partition coefficient (Wildman–Crippen LogP) is 0.471. The van der Waals surface area contributed by atoms with Crippen molar-refractivity contribution in [2.45, 2.75) is 6.10 Å². The maximum atomic E-state index is 11.5. The number of nitrogens with one attached hydrogen (secondary N) is 1. The molecule has 1 atom stereocenters. The Kier molecular flexibility index (Phi) is 4.84. The van der Waals surface area contributed by atoms with Gasteiger partial charge in [0.05, 0.1) is 13.4 Å². The third-order valence-corrected chi connectivity index (χ3v) is 2.37. The smallest absolute Gasteiger partial charge is 0.359 e. The molecule has 7 heteroatoms. The standard InChI is InChI=1S/C9H12N2O4S/c1-14-9(13)7(4-16-2)15-8(12)6-3-10-5-11-6/h3,5,7H,4H2,1-2H3,(H,10,11). The molecule has 6 nitrogen and oxygen atoms in total. The first kappa shape index (κ1) is 12.6. The summed E-state index contributed by atoms with van der Waals surface area (Å²) in [7, 11) is 1.25. The number of methoxy groups -OCH3 is 1. The molecular formula is C9H12N2O4S. The summed E-state index contributed by atoms with van der Waals surface area (Å²) in [5.74, 6) is -0.869. The zero-order valence-electron chi connectivity index (χ0n) is 8.93. The Morgan fingerprint density at radius 1 is 1.62 bits per heavy atom. The van der Waals surface area contributed by atoms with Gasteiger partial charge in [0.2, 0.25) is 6.10 Å². The monoisotopic (exact) mass is 244 g/mol. The quantitative estimate of drug-likeness (QED) is 0.758. The van der Waals surface area contributed by atoms with Gasteiger partial charge in [0, 0.05) is 11.9 Å². The van der Waals surface area contributed by atoms with E-state index in [-0.39, 0.29) is 5.69 Å². The number of carbonyl (C=O) groups is 2. The zero-order valence-corrected chi connectivity index (χ0v) is 9.74. The highest BCUT2D eigenvalue weighted by Gasteiger charge is 2.24. The Labute approximate surface area is 96.7 Å². The SMILES string of the molecule is COC(=O)C(CSC)OC(=O)c1c[nH]cn1. The van der Waals surface area contributed by atoms with E-state index in [1.165, 1.54) is 31.4 Å². The van der Waals surface area contributed by atoms with Gasteiger partial charge in [0.15, 0.2) is 5.69 Å². The van der Waals surface area contributed by atoms with E-state index in [1.807, 2.05) is 0 Å². The van der Waals surface area contributed by atoms with E-state index in [1.54, 1.807) is 6.26 Å². The van der Waals surface area contributed by atoms with E-state index in [0.29, 0.717) is 5.75 Å². The summed E-state index contributed by atoms with van der Waals surface area (Å²) in [6.07, 6.45) is 3.66. The second kappa shape index (κ2) is 6.16. The number of nitrogens with zero attached hydrogens (tertiary/aromatic N) is 1. The number of imidazole rings is 1. The number of rotatable bonds is 5. The fourth-order valence-corrected chi connectivity index (χ4v) is 1.50. The molecular weight excluding hydrogens is 232 g/mol. The Balaban J connectivity index is 2.61. The molecule has 0 amide bonds. The summed E-state index contributed by atoms with van der Waals surface area (Å²) >= 11 is 1.39. The van der Waals surface area contributed by atoms with Crippen LogP contribution in [0.15, 0.2) is 12.5 Å². The molecule has 1 unspecified atom stereocenters. The highest BCUT2D eigenvalue weighted by atomic mass is 32.2. The summed E-state index contributed by atoms with van der Waals surface area (Å²) in [4.78, 5) is 29.1. The van der Waals surface area contributed by atoms with Gasteiger partial charge in [-0.3, -0.25) is 0 Å². The first-order valence-corrected chi connectivity index (χ1v) is 5.85. The van der Waals surface area contributed by atoms with Crippen molar-refractivity contribution in [1.29, 1.82) is 0 Å². The maximum Gasteiger partial charge on any atom is 0.359 e. The molecule has 0 fully saturated rings. The summed E-state index contributed by atoms with van der Waals surface area (Å²) in [5.41, 5.74) is 0.134. The van der Waals surface area contributed by atoms with Crippen LogP contribution in [0.3, 0.4) is 0 Å². The van der Waals surface area contributed by atoms with E-state index in [0.717, 1.165) is 0 Å². The first-order valence-electron chi connectivity index (χ1n) is 4.45. The third-order valence-electron chi connectivity index (χ3n) is 1.74. The Hall–Kier alpha value is -1.50. The minimum absolute atomic E-state index is 0.134. The fourth-order valence-electron chi connectivity index (χ4n) is 0.994. The van der Waals surface area contributed by atoms with Gasteiger partial charge < -0.3 is 14.5 Å². The fraction of sp³-hybridized carbons (Fsp3) is 0.444. The molecule has 1 heterocycles. The molecule has 0 aromatic carbocycles. The lowest BCUT2D eigenvalue weighted by Crippen LogP contribution is -2.30. The lowest BCUT2D eigenvalue weighted by atomic mass is 10.4. The minimum Gasteiger partial charge on any atom is -0.466 e.